The van der Waals surface area contributed by atoms with Crippen LogP contribution in [0.2, 0.25) is 0 Å². The molecular formula is C26H35N5O3. The van der Waals surface area contributed by atoms with E-state index in [0.29, 0.717) is 11.6 Å². The molecule has 8 heteroatoms. The van der Waals surface area contributed by atoms with Gasteiger partial charge in [-0.1, -0.05) is 19.9 Å². The molecule has 0 spiro atoms. The minimum absolute atomic E-state index is 0.171. The van der Waals surface area contributed by atoms with Gasteiger partial charge in [-0.15, -0.1) is 0 Å². The number of carbonyl (C=O) groups excluding carboxylic acids is 1. The number of piperidine rings is 1. The number of hydrogen-bond donors (Lipinski definition) is 1. The van der Waals surface area contributed by atoms with Crippen LogP contribution in [0.4, 0.5) is 11.4 Å². The summed E-state index contributed by atoms with van der Waals surface area (Å²) < 4.78 is 7.17. The maximum atomic E-state index is 12.8. The standard InChI is InChI=1S/C26H35N5O3/c1-6-34-26(33)21-15-22(30-12-10-18(16-32)11-13-30)23-24(17(2)3)28-31(25(23)27-21)20-9-7-8-19(14-20)29(4)5/h7-9,14-15,17-18,32H,6,10-13,16H2,1-5H3. The van der Waals surface area contributed by atoms with Crippen LogP contribution >= 0.6 is 0 Å². The fraction of sp³-hybridized carbons (Fsp3) is 0.500. The van der Waals surface area contributed by atoms with E-state index in [2.05, 4.69) is 24.8 Å². The first-order valence-corrected chi connectivity index (χ1v) is 12.1. The Morgan fingerprint density at radius 2 is 1.97 bits per heavy atom. The summed E-state index contributed by atoms with van der Waals surface area (Å²) in [6.45, 7) is 8.18. The largest absolute Gasteiger partial charge is 0.461 e. The van der Waals surface area contributed by atoms with Crippen molar-refractivity contribution in [2.75, 3.05) is 50.2 Å². The molecule has 8 nitrogen and oxygen atoms in total. The Kier molecular flexibility index (Phi) is 7.07. The Hall–Kier alpha value is -3.13. The quantitative estimate of drug-likeness (QED) is 0.528. The molecule has 1 saturated heterocycles. The Morgan fingerprint density at radius 1 is 1.24 bits per heavy atom. The fourth-order valence-electron chi connectivity index (χ4n) is 4.53. The van der Waals surface area contributed by atoms with Crippen molar-refractivity contribution < 1.29 is 14.6 Å². The van der Waals surface area contributed by atoms with E-state index in [9.17, 15) is 9.90 Å². The molecule has 0 amide bonds. The third kappa shape index (κ3) is 4.59. The molecule has 4 rings (SSSR count). The van der Waals surface area contributed by atoms with Crippen LogP contribution in [0, 0.1) is 5.92 Å². The Morgan fingerprint density at radius 3 is 2.59 bits per heavy atom. The smallest absolute Gasteiger partial charge is 0.357 e. The molecule has 3 aromatic rings. The van der Waals surface area contributed by atoms with Crippen molar-refractivity contribution in [1.29, 1.82) is 0 Å². The summed E-state index contributed by atoms with van der Waals surface area (Å²) in [6.07, 6.45) is 1.82. The molecule has 0 bridgehead atoms. The number of anilines is 2. The molecule has 182 valence electrons. The van der Waals surface area contributed by atoms with E-state index in [1.54, 1.807) is 6.92 Å². The van der Waals surface area contributed by atoms with E-state index in [1.165, 1.54) is 0 Å². The average Bonchev–Trinajstić information content (AvgIpc) is 3.24. The van der Waals surface area contributed by atoms with Gasteiger partial charge in [0, 0.05) is 39.5 Å². The molecule has 0 saturated carbocycles. The predicted molar refractivity (Wildman–Crippen MR) is 135 cm³/mol. The number of esters is 1. The van der Waals surface area contributed by atoms with Crippen LogP contribution in [0.5, 0.6) is 0 Å². The summed E-state index contributed by atoms with van der Waals surface area (Å²) in [4.78, 5) is 21.9. The van der Waals surface area contributed by atoms with Gasteiger partial charge in [-0.05, 0) is 55.9 Å². The lowest BCUT2D eigenvalue weighted by molar-refractivity contribution is 0.0520. The van der Waals surface area contributed by atoms with Gasteiger partial charge in [0.1, 0.15) is 0 Å². The topological polar surface area (TPSA) is 83.7 Å². The van der Waals surface area contributed by atoms with Crippen molar-refractivity contribution in [1.82, 2.24) is 14.8 Å². The van der Waals surface area contributed by atoms with Crippen molar-refractivity contribution in [2.24, 2.45) is 5.92 Å². The van der Waals surface area contributed by atoms with E-state index in [-0.39, 0.29) is 24.8 Å². The molecule has 1 aliphatic heterocycles. The first-order chi connectivity index (χ1) is 16.3. The zero-order chi connectivity index (χ0) is 24.4. The van der Waals surface area contributed by atoms with Crippen LogP contribution in [-0.2, 0) is 4.74 Å². The highest BCUT2D eigenvalue weighted by molar-refractivity contribution is 5.99. The second-order valence-corrected chi connectivity index (χ2v) is 9.42. The molecule has 0 aliphatic carbocycles. The third-order valence-corrected chi connectivity index (χ3v) is 6.48. The molecule has 1 N–H and O–H groups in total. The molecule has 34 heavy (non-hydrogen) atoms. The first kappa shape index (κ1) is 24.0. The number of nitrogens with zero attached hydrogens (tertiary/aromatic N) is 5. The average molecular weight is 466 g/mol. The van der Waals surface area contributed by atoms with E-state index in [1.807, 2.05) is 47.9 Å². The molecule has 3 heterocycles. The number of rotatable bonds is 7. The summed E-state index contributed by atoms with van der Waals surface area (Å²) >= 11 is 0. The fourth-order valence-corrected chi connectivity index (χ4v) is 4.53. The van der Waals surface area contributed by atoms with E-state index in [0.717, 1.165) is 54.1 Å². The molecule has 1 aromatic carbocycles. The Labute approximate surface area is 201 Å². The zero-order valence-corrected chi connectivity index (χ0v) is 20.8. The molecule has 0 radical (unpaired) electrons. The van der Waals surface area contributed by atoms with Gasteiger partial charge in [0.25, 0.3) is 0 Å². The highest BCUT2D eigenvalue weighted by Crippen LogP contribution is 2.37. The van der Waals surface area contributed by atoms with Crippen LogP contribution in [0.25, 0.3) is 16.7 Å². The van der Waals surface area contributed by atoms with Gasteiger partial charge in [-0.2, -0.15) is 5.10 Å². The summed E-state index contributed by atoms with van der Waals surface area (Å²) in [7, 11) is 4.01. The minimum Gasteiger partial charge on any atom is -0.461 e. The number of pyridine rings is 1. The van der Waals surface area contributed by atoms with Crippen molar-refractivity contribution >= 4 is 28.4 Å². The SMILES string of the molecule is CCOC(=O)c1cc(N2CCC(CO)CC2)c2c(C(C)C)nn(-c3cccc(N(C)C)c3)c2n1. The summed E-state index contributed by atoms with van der Waals surface area (Å²) in [5.74, 6) is 0.0562. The number of hydrogen-bond acceptors (Lipinski definition) is 7. The zero-order valence-electron chi connectivity index (χ0n) is 20.8. The van der Waals surface area contributed by atoms with Crippen molar-refractivity contribution in [3.05, 3.63) is 41.7 Å². The normalized spacial score (nSPS) is 14.7. The van der Waals surface area contributed by atoms with Gasteiger partial charge in [-0.25, -0.2) is 14.5 Å². The van der Waals surface area contributed by atoms with Gasteiger partial charge in [0.15, 0.2) is 11.3 Å². The molecule has 1 aliphatic rings. The van der Waals surface area contributed by atoms with Gasteiger partial charge in [0.05, 0.1) is 29.1 Å². The number of aliphatic hydroxyl groups is 1. The number of fused-ring (bicyclic) bond motifs is 1. The summed E-state index contributed by atoms with van der Waals surface area (Å²) in [6, 6.07) is 9.99. The summed E-state index contributed by atoms with van der Waals surface area (Å²) in [5.41, 5.74) is 4.80. The number of ether oxygens (including phenoxy) is 1. The van der Waals surface area contributed by atoms with Gasteiger partial charge in [0.2, 0.25) is 0 Å². The highest BCUT2D eigenvalue weighted by Gasteiger charge is 2.27. The lowest BCUT2D eigenvalue weighted by atomic mass is 9.96. The predicted octanol–water partition coefficient (Wildman–Crippen LogP) is 4.00. The van der Waals surface area contributed by atoms with Gasteiger partial charge < -0.3 is 19.6 Å². The van der Waals surface area contributed by atoms with E-state index >= 15 is 0 Å². The summed E-state index contributed by atoms with van der Waals surface area (Å²) in [5, 5.41) is 15.6. The van der Waals surface area contributed by atoms with Crippen molar-refractivity contribution in [3.8, 4) is 5.69 Å². The van der Waals surface area contributed by atoms with Gasteiger partial charge in [-0.3, -0.25) is 0 Å². The lowest BCUT2D eigenvalue weighted by Crippen LogP contribution is -2.35. The molecule has 2 aromatic heterocycles. The van der Waals surface area contributed by atoms with Crippen LogP contribution in [0.15, 0.2) is 30.3 Å². The third-order valence-electron chi connectivity index (χ3n) is 6.48. The number of aliphatic hydroxyl groups excluding tert-OH is 1. The van der Waals surface area contributed by atoms with Crippen LogP contribution < -0.4 is 9.80 Å². The second kappa shape index (κ2) is 10.0. The lowest BCUT2D eigenvalue weighted by Gasteiger charge is -2.33. The van der Waals surface area contributed by atoms with Crippen molar-refractivity contribution in [3.63, 3.8) is 0 Å². The maximum Gasteiger partial charge on any atom is 0.357 e. The molecule has 1 fully saturated rings. The van der Waals surface area contributed by atoms with Crippen LogP contribution in [-0.4, -0.2) is 66.2 Å². The van der Waals surface area contributed by atoms with Gasteiger partial charge >= 0.3 is 5.97 Å². The maximum absolute atomic E-state index is 12.8. The number of benzene rings is 1. The monoisotopic (exact) mass is 465 g/mol. The number of aromatic nitrogens is 3. The first-order valence-electron chi connectivity index (χ1n) is 12.1. The Bertz CT molecular complexity index is 1160. The van der Waals surface area contributed by atoms with Crippen LogP contribution in [0.3, 0.4) is 0 Å². The van der Waals surface area contributed by atoms with Crippen LogP contribution in [0.1, 0.15) is 55.7 Å². The number of carbonyl (C=O) groups is 1. The van der Waals surface area contributed by atoms with Crippen molar-refractivity contribution in [2.45, 2.75) is 39.5 Å². The highest BCUT2D eigenvalue weighted by atomic mass is 16.5. The minimum atomic E-state index is -0.434. The molecule has 0 atom stereocenters. The Balaban J connectivity index is 1.95. The second-order valence-electron chi connectivity index (χ2n) is 9.42. The molecular weight excluding hydrogens is 430 g/mol. The van der Waals surface area contributed by atoms with E-state index < -0.39 is 5.97 Å². The molecule has 0 unspecified atom stereocenters. The van der Waals surface area contributed by atoms with E-state index in [4.69, 9.17) is 14.8 Å².